The number of piperazine rings is 1. The number of hydrogen-bond acceptors (Lipinski definition) is 5. The number of nitrogens with zero attached hydrogens (tertiary/aromatic N) is 3. The first-order chi connectivity index (χ1) is 10.1. The third-order valence-corrected chi connectivity index (χ3v) is 4.54. The second-order valence-electron chi connectivity index (χ2n) is 5.08. The Kier molecular flexibility index (Phi) is 4.73. The van der Waals surface area contributed by atoms with Crippen LogP contribution in [0.4, 0.5) is 0 Å². The van der Waals surface area contributed by atoms with Crippen LogP contribution < -0.4 is 5.32 Å². The van der Waals surface area contributed by atoms with Crippen molar-refractivity contribution in [3.63, 3.8) is 0 Å². The maximum Gasteiger partial charge on any atom is 0.258 e. The molecule has 3 rings (SSSR count). The first-order valence-corrected chi connectivity index (χ1v) is 8.47. The van der Waals surface area contributed by atoms with E-state index in [-0.39, 0.29) is 6.04 Å². The van der Waals surface area contributed by atoms with Crippen LogP contribution in [0.15, 0.2) is 31.7 Å². The molecule has 1 fully saturated rings. The fourth-order valence-electron chi connectivity index (χ4n) is 2.43. The first kappa shape index (κ1) is 15.1. The molecule has 0 amide bonds. The van der Waals surface area contributed by atoms with Crippen LogP contribution in [0, 0.1) is 0 Å². The minimum absolute atomic E-state index is 0.167. The Morgan fingerprint density at radius 2 is 1.86 bits per heavy atom. The zero-order valence-electron chi connectivity index (χ0n) is 11.6. The summed E-state index contributed by atoms with van der Waals surface area (Å²) in [5.41, 5.74) is 0.905. The van der Waals surface area contributed by atoms with Crippen LogP contribution in [0.1, 0.15) is 18.8 Å². The van der Waals surface area contributed by atoms with E-state index in [4.69, 9.17) is 4.52 Å². The van der Waals surface area contributed by atoms with E-state index < -0.39 is 0 Å². The molecular weight excluding hydrogens is 400 g/mol. The Morgan fingerprint density at radius 1 is 1.19 bits per heavy atom. The summed E-state index contributed by atoms with van der Waals surface area (Å²) in [5.74, 6) is 1.29. The van der Waals surface area contributed by atoms with E-state index in [1.165, 1.54) is 0 Å². The minimum Gasteiger partial charge on any atom is -0.334 e. The molecule has 0 radical (unpaired) electrons. The van der Waals surface area contributed by atoms with Crippen molar-refractivity contribution in [3.05, 3.63) is 33.0 Å². The molecule has 1 N–H and O–H groups in total. The third-order valence-electron chi connectivity index (χ3n) is 3.62. The minimum atomic E-state index is 0.167. The monoisotopic (exact) mass is 414 g/mol. The van der Waals surface area contributed by atoms with Crippen molar-refractivity contribution >= 4 is 31.9 Å². The van der Waals surface area contributed by atoms with Crippen molar-refractivity contribution in [3.8, 4) is 11.5 Å². The van der Waals surface area contributed by atoms with E-state index in [1.54, 1.807) is 0 Å². The zero-order chi connectivity index (χ0) is 14.8. The lowest BCUT2D eigenvalue weighted by Gasteiger charge is -2.30. The van der Waals surface area contributed by atoms with Crippen molar-refractivity contribution in [2.75, 3.05) is 26.2 Å². The number of rotatable bonds is 3. The van der Waals surface area contributed by atoms with Crippen LogP contribution in [-0.4, -0.2) is 41.2 Å². The Balaban J connectivity index is 1.82. The Morgan fingerprint density at radius 3 is 2.52 bits per heavy atom. The van der Waals surface area contributed by atoms with Crippen molar-refractivity contribution in [1.82, 2.24) is 20.4 Å². The van der Waals surface area contributed by atoms with Gasteiger partial charge in [0.2, 0.25) is 0 Å². The molecule has 1 atom stereocenters. The number of halogens is 2. The van der Waals surface area contributed by atoms with Gasteiger partial charge >= 0.3 is 0 Å². The lowest BCUT2D eigenvalue weighted by molar-refractivity contribution is 0.176. The summed E-state index contributed by atoms with van der Waals surface area (Å²) in [6.45, 7) is 6.15. The molecule has 21 heavy (non-hydrogen) atoms. The summed E-state index contributed by atoms with van der Waals surface area (Å²) in [6.07, 6.45) is 0. The van der Waals surface area contributed by atoms with Gasteiger partial charge in [0.1, 0.15) is 0 Å². The van der Waals surface area contributed by atoms with Gasteiger partial charge in [-0.2, -0.15) is 4.98 Å². The Bertz CT molecular complexity index is 605. The molecule has 1 aliphatic rings. The number of hydrogen-bond donors (Lipinski definition) is 1. The summed E-state index contributed by atoms with van der Waals surface area (Å²) in [6, 6.07) is 6.08. The summed E-state index contributed by atoms with van der Waals surface area (Å²) in [7, 11) is 0. The SMILES string of the molecule is CC(c1noc(-c2cc(Br)cc(Br)c2)n1)N1CCNCC1. The Labute approximate surface area is 140 Å². The third kappa shape index (κ3) is 3.53. The summed E-state index contributed by atoms with van der Waals surface area (Å²) in [5, 5.41) is 7.50. The lowest BCUT2D eigenvalue weighted by Crippen LogP contribution is -2.44. The molecule has 2 heterocycles. The molecular formula is C14H16Br2N4O. The van der Waals surface area contributed by atoms with E-state index in [0.717, 1.165) is 46.5 Å². The van der Waals surface area contributed by atoms with Gasteiger partial charge in [0.15, 0.2) is 5.82 Å². The van der Waals surface area contributed by atoms with Gasteiger partial charge < -0.3 is 9.84 Å². The molecule has 0 spiro atoms. The van der Waals surface area contributed by atoms with Crippen LogP contribution in [0.5, 0.6) is 0 Å². The van der Waals surface area contributed by atoms with Gasteiger partial charge in [-0.15, -0.1) is 0 Å². The fraction of sp³-hybridized carbons (Fsp3) is 0.429. The van der Waals surface area contributed by atoms with E-state index in [0.29, 0.717) is 5.89 Å². The topological polar surface area (TPSA) is 54.2 Å². The molecule has 1 unspecified atom stereocenters. The molecule has 1 aromatic carbocycles. The highest BCUT2D eigenvalue weighted by Crippen LogP contribution is 2.28. The highest BCUT2D eigenvalue weighted by atomic mass is 79.9. The number of benzene rings is 1. The van der Waals surface area contributed by atoms with Crippen molar-refractivity contribution < 1.29 is 4.52 Å². The van der Waals surface area contributed by atoms with Gasteiger partial charge in [0, 0.05) is 40.7 Å². The molecule has 0 bridgehead atoms. The van der Waals surface area contributed by atoms with E-state index in [2.05, 4.69) is 59.1 Å². The van der Waals surface area contributed by atoms with Crippen LogP contribution in [-0.2, 0) is 0 Å². The largest absolute Gasteiger partial charge is 0.334 e. The van der Waals surface area contributed by atoms with Gasteiger partial charge in [0.25, 0.3) is 5.89 Å². The van der Waals surface area contributed by atoms with Gasteiger partial charge in [-0.3, -0.25) is 4.90 Å². The molecule has 0 saturated carbocycles. The van der Waals surface area contributed by atoms with Crippen LogP contribution in [0.2, 0.25) is 0 Å². The average molecular weight is 416 g/mol. The molecule has 112 valence electrons. The predicted octanol–water partition coefficient (Wildman–Crippen LogP) is 3.23. The van der Waals surface area contributed by atoms with E-state index >= 15 is 0 Å². The molecule has 7 heteroatoms. The predicted molar refractivity (Wildman–Crippen MR) is 88.0 cm³/mol. The second-order valence-corrected chi connectivity index (χ2v) is 6.91. The molecule has 1 aliphatic heterocycles. The highest BCUT2D eigenvalue weighted by molar-refractivity contribution is 9.11. The molecule has 0 aliphatic carbocycles. The maximum absolute atomic E-state index is 5.43. The molecule has 1 aromatic heterocycles. The quantitative estimate of drug-likeness (QED) is 0.833. The van der Waals surface area contributed by atoms with E-state index in [1.807, 2.05) is 18.2 Å². The van der Waals surface area contributed by atoms with E-state index in [9.17, 15) is 0 Å². The molecule has 5 nitrogen and oxygen atoms in total. The smallest absolute Gasteiger partial charge is 0.258 e. The summed E-state index contributed by atoms with van der Waals surface area (Å²) >= 11 is 6.95. The second kappa shape index (κ2) is 6.56. The number of nitrogens with one attached hydrogen (secondary N) is 1. The normalized spacial score (nSPS) is 17.9. The fourth-order valence-corrected chi connectivity index (χ4v) is 3.73. The molecule has 1 saturated heterocycles. The van der Waals surface area contributed by atoms with Gasteiger partial charge in [-0.25, -0.2) is 0 Å². The van der Waals surface area contributed by atoms with Crippen molar-refractivity contribution in [2.24, 2.45) is 0 Å². The van der Waals surface area contributed by atoms with Crippen LogP contribution in [0.3, 0.4) is 0 Å². The zero-order valence-corrected chi connectivity index (χ0v) is 14.8. The Hall–Kier alpha value is -0.760. The van der Waals surface area contributed by atoms with Gasteiger partial charge in [0.05, 0.1) is 6.04 Å². The standard InChI is InChI=1S/C14H16Br2N4O/c1-9(20-4-2-17-3-5-20)13-18-14(21-19-13)10-6-11(15)8-12(16)7-10/h6-9,17H,2-5H2,1H3. The number of aromatic nitrogens is 2. The van der Waals surface area contributed by atoms with Crippen molar-refractivity contribution in [2.45, 2.75) is 13.0 Å². The highest BCUT2D eigenvalue weighted by Gasteiger charge is 2.22. The average Bonchev–Trinajstić information content (AvgIpc) is 2.96. The first-order valence-electron chi connectivity index (χ1n) is 6.88. The summed E-state index contributed by atoms with van der Waals surface area (Å²) in [4.78, 5) is 6.92. The van der Waals surface area contributed by atoms with Crippen molar-refractivity contribution in [1.29, 1.82) is 0 Å². The van der Waals surface area contributed by atoms with Crippen LogP contribution >= 0.6 is 31.9 Å². The van der Waals surface area contributed by atoms with Gasteiger partial charge in [-0.05, 0) is 25.1 Å². The maximum atomic E-state index is 5.43. The van der Waals surface area contributed by atoms with Crippen LogP contribution in [0.25, 0.3) is 11.5 Å². The molecule has 2 aromatic rings. The lowest BCUT2D eigenvalue weighted by atomic mass is 10.2. The summed E-state index contributed by atoms with van der Waals surface area (Å²) < 4.78 is 7.38. The van der Waals surface area contributed by atoms with Gasteiger partial charge in [-0.1, -0.05) is 37.0 Å².